The van der Waals surface area contributed by atoms with Gasteiger partial charge < -0.3 is 24.7 Å². The van der Waals surface area contributed by atoms with Gasteiger partial charge in [-0.15, -0.1) is 0 Å². The lowest BCUT2D eigenvalue weighted by Crippen LogP contribution is -2.35. The first kappa shape index (κ1) is 19.5. The molecule has 3 rings (SSSR count). The number of hydrogen-bond donors (Lipinski definition) is 2. The molecule has 4 N–H and O–H groups in total. The minimum absolute atomic E-state index is 0.0621. The second kappa shape index (κ2) is 10.2. The van der Waals surface area contributed by atoms with Crippen LogP contribution in [0.2, 0.25) is 0 Å². The molecular formula is C21H29N3O3. The van der Waals surface area contributed by atoms with Gasteiger partial charge in [0, 0.05) is 38.0 Å². The van der Waals surface area contributed by atoms with Crippen LogP contribution in [0.15, 0.2) is 68.4 Å². The summed E-state index contributed by atoms with van der Waals surface area (Å²) in [6, 6.07) is 11.8. The van der Waals surface area contributed by atoms with Crippen molar-refractivity contribution in [2.75, 3.05) is 13.1 Å². The molecule has 2 atom stereocenters. The van der Waals surface area contributed by atoms with Gasteiger partial charge in [0.1, 0.15) is 17.3 Å². The molecule has 3 heterocycles. The lowest BCUT2D eigenvalue weighted by molar-refractivity contribution is 0.224. The Kier molecular flexibility index (Phi) is 7.33. The summed E-state index contributed by atoms with van der Waals surface area (Å²) in [5, 5.41) is 0. The molecule has 0 bridgehead atoms. The van der Waals surface area contributed by atoms with E-state index >= 15 is 0 Å². The van der Waals surface area contributed by atoms with E-state index in [9.17, 15) is 0 Å². The fourth-order valence-corrected chi connectivity index (χ4v) is 3.17. The van der Waals surface area contributed by atoms with Gasteiger partial charge in [-0.25, -0.2) is 0 Å². The molecule has 0 fully saturated rings. The predicted molar refractivity (Wildman–Crippen MR) is 104 cm³/mol. The van der Waals surface area contributed by atoms with E-state index in [0.717, 1.165) is 62.6 Å². The Morgan fingerprint density at radius 1 is 0.704 bits per heavy atom. The first-order valence-electron chi connectivity index (χ1n) is 9.49. The molecule has 0 aromatic carbocycles. The summed E-state index contributed by atoms with van der Waals surface area (Å²) < 4.78 is 16.3. The van der Waals surface area contributed by atoms with Crippen molar-refractivity contribution in [2.24, 2.45) is 11.5 Å². The molecule has 0 spiro atoms. The van der Waals surface area contributed by atoms with Crippen molar-refractivity contribution in [3.8, 4) is 0 Å². The van der Waals surface area contributed by atoms with Crippen molar-refractivity contribution in [3.05, 3.63) is 72.5 Å². The molecule has 146 valence electrons. The molecule has 0 aliphatic carbocycles. The molecule has 0 aliphatic heterocycles. The third kappa shape index (κ3) is 6.75. The first-order chi connectivity index (χ1) is 13.2. The average molecular weight is 371 g/mol. The zero-order valence-electron chi connectivity index (χ0n) is 15.6. The zero-order valence-corrected chi connectivity index (χ0v) is 15.6. The minimum atomic E-state index is 0.0621. The van der Waals surface area contributed by atoms with E-state index in [1.807, 2.05) is 36.4 Å². The summed E-state index contributed by atoms with van der Waals surface area (Å²) in [6.07, 6.45) is 8.35. The van der Waals surface area contributed by atoms with Gasteiger partial charge in [0.05, 0.1) is 25.3 Å². The smallest absolute Gasteiger partial charge is 0.117 e. The van der Waals surface area contributed by atoms with Crippen molar-refractivity contribution < 1.29 is 13.3 Å². The summed E-state index contributed by atoms with van der Waals surface area (Å²) >= 11 is 0. The van der Waals surface area contributed by atoms with Crippen molar-refractivity contribution in [2.45, 2.75) is 44.3 Å². The predicted octanol–water partition coefficient (Wildman–Crippen LogP) is 3.19. The van der Waals surface area contributed by atoms with Gasteiger partial charge in [0.15, 0.2) is 0 Å². The van der Waals surface area contributed by atoms with Crippen molar-refractivity contribution >= 4 is 0 Å². The van der Waals surface area contributed by atoms with E-state index in [4.69, 9.17) is 24.7 Å². The van der Waals surface area contributed by atoms with Crippen LogP contribution in [0.5, 0.6) is 0 Å². The van der Waals surface area contributed by atoms with E-state index in [1.165, 1.54) is 0 Å². The third-order valence-electron chi connectivity index (χ3n) is 4.68. The Bertz CT molecular complexity index is 677. The molecule has 6 nitrogen and oxygen atoms in total. The molecule has 0 amide bonds. The van der Waals surface area contributed by atoms with E-state index in [2.05, 4.69) is 4.90 Å². The van der Waals surface area contributed by atoms with E-state index in [0.29, 0.717) is 0 Å². The SMILES string of the molecule is NC(CCN(CCC(N)Cc1ccco1)Cc1ccco1)Cc1ccco1. The topological polar surface area (TPSA) is 94.7 Å². The van der Waals surface area contributed by atoms with Gasteiger partial charge in [-0.1, -0.05) is 0 Å². The number of nitrogens with two attached hydrogens (primary N) is 2. The lowest BCUT2D eigenvalue weighted by Gasteiger charge is -2.24. The van der Waals surface area contributed by atoms with Crippen LogP contribution in [-0.4, -0.2) is 30.1 Å². The normalized spacial score (nSPS) is 13.9. The Morgan fingerprint density at radius 2 is 1.15 bits per heavy atom. The maximum absolute atomic E-state index is 6.29. The summed E-state index contributed by atoms with van der Waals surface area (Å²) in [5.74, 6) is 2.82. The second-order valence-corrected chi connectivity index (χ2v) is 7.02. The first-order valence-corrected chi connectivity index (χ1v) is 9.49. The van der Waals surface area contributed by atoms with Gasteiger partial charge in [0.25, 0.3) is 0 Å². The largest absolute Gasteiger partial charge is 0.469 e. The molecule has 3 aromatic rings. The van der Waals surface area contributed by atoms with Gasteiger partial charge in [-0.2, -0.15) is 0 Å². The highest BCUT2D eigenvalue weighted by Gasteiger charge is 2.14. The molecule has 0 aliphatic rings. The summed E-state index contributed by atoms with van der Waals surface area (Å²) in [7, 11) is 0. The third-order valence-corrected chi connectivity index (χ3v) is 4.68. The average Bonchev–Trinajstić information content (AvgIpc) is 3.41. The van der Waals surface area contributed by atoms with E-state index in [-0.39, 0.29) is 12.1 Å². The van der Waals surface area contributed by atoms with E-state index in [1.54, 1.807) is 18.8 Å². The number of hydrogen-bond acceptors (Lipinski definition) is 6. The number of rotatable bonds is 12. The van der Waals surface area contributed by atoms with Crippen LogP contribution < -0.4 is 11.5 Å². The second-order valence-electron chi connectivity index (χ2n) is 7.02. The quantitative estimate of drug-likeness (QED) is 0.508. The fourth-order valence-electron chi connectivity index (χ4n) is 3.17. The number of furan rings is 3. The summed E-state index contributed by atoms with van der Waals surface area (Å²) in [4.78, 5) is 2.35. The molecule has 0 saturated carbocycles. The van der Waals surface area contributed by atoms with Crippen LogP contribution >= 0.6 is 0 Å². The Balaban J connectivity index is 1.47. The monoisotopic (exact) mass is 371 g/mol. The summed E-state index contributed by atoms with van der Waals surface area (Å²) in [6.45, 7) is 2.53. The van der Waals surface area contributed by atoms with Crippen LogP contribution in [0, 0.1) is 0 Å². The molecule has 6 heteroatoms. The lowest BCUT2D eigenvalue weighted by atomic mass is 10.1. The van der Waals surface area contributed by atoms with Crippen LogP contribution in [0.1, 0.15) is 30.1 Å². The highest BCUT2D eigenvalue weighted by Crippen LogP contribution is 2.11. The van der Waals surface area contributed by atoms with E-state index < -0.39 is 0 Å². The highest BCUT2D eigenvalue weighted by atomic mass is 16.3. The molecule has 27 heavy (non-hydrogen) atoms. The van der Waals surface area contributed by atoms with Crippen molar-refractivity contribution in [1.82, 2.24) is 4.90 Å². The fraction of sp³-hybridized carbons (Fsp3) is 0.429. The Hall–Kier alpha value is -2.28. The van der Waals surface area contributed by atoms with Crippen molar-refractivity contribution in [3.63, 3.8) is 0 Å². The molecule has 0 saturated heterocycles. The van der Waals surface area contributed by atoms with Crippen LogP contribution in [0.4, 0.5) is 0 Å². The van der Waals surface area contributed by atoms with Gasteiger partial charge in [0.2, 0.25) is 0 Å². The van der Waals surface area contributed by atoms with Crippen LogP contribution in [0.25, 0.3) is 0 Å². The zero-order chi connectivity index (χ0) is 18.9. The van der Waals surface area contributed by atoms with Gasteiger partial charge in [-0.05, 0) is 49.2 Å². The molecule has 2 unspecified atom stereocenters. The Morgan fingerprint density at radius 3 is 1.56 bits per heavy atom. The summed E-state index contributed by atoms with van der Waals surface area (Å²) in [5.41, 5.74) is 12.6. The molecule has 0 radical (unpaired) electrons. The maximum Gasteiger partial charge on any atom is 0.117 e. The van der Waals surface area contributed by atoms with Gasteiger partial charge in [-0.3, -0.25) is 4.90 Å². The van der Waals surface area contributed by atoms with Gasteiger partial charge >= 0.3 is 0 Å². The van der Waals surface area contributed by atoms with Crippen LogP contribution in [-0.2, 0) is 19.4 Å². The number of nitrogens with zero attached hydrogens (tertiary/aromatic N) is 1. The highest BCUT2D eigenvalue weighted by molar-refractivity contribution is 5.01. The minimum Gasteiger partial charge on any atom is -0.469 e. The maximum atomic E-state index is 6.29. The molecular weight excluding hydrogens is 342 g/mol. The van der Waals surface area contributed by atoms with Crippen LogP contribution in [0.3, 0.4) is 0 Å². The molecule has 3 aromatic heterocycles. The standard InChI is InChI=1S/C21H29N3O3/c22-17(14-19-4-1-11-25-19)7-9-24(16-21-6-3-13-27-21)10-8-18(23)15-20-5-2-12-26-20/h1-6,11-13,17-18H,7-10,14-16,22-23H2. The Labute approximate surface area is 160 Å². The van der Waals surface area contributed by atoms with Crippen molar-refractivity contribution in [1.29, 1.82) is 0 Å².